The SMILES string of the molecule is CN(CC(=O)N[C@H]1CCc2nccn2C1)Cc1ccccc1. The summed E-state index contributed by atoms with van der Waals surface area (Å²) in [4.78, 5) is 18.5. The van der Waals surface area contributed by atoms with Gasteiger partial charge in [-0.2, -0.15) is 0 Å². The highest BCUT2D eigenvalue weighted by Gasteiger charge is 2.20. The first-order chi connectivity index (χ1) is 10.7. The summed E-state index contributed by atoms with van der Waals surface area (Å²) < 4.78 is 2.13. The molecule has 0 unspecified atom stereocenters. The van der Waals surface area contributed by atoms with E-state index in [1.165, 1.54) is 5.56 Å². The summed E-state index contributed by atoms with van der Waals surface area (Å²) in [6.45, 7) is 2.02. The molecule has 1 amide bonds. The molecule has 1 aromatic heterocycles. The van der Waals surface area contributed by atoms with Crippen molar-refractivity contribution in [2.75, 3.05) is 13.6 Å². The number of amides is 1. The second-order valence-electron chi connectivity index (χ2n) is 5.96. The number of aryl methyl sites for hydroxylation is 1. The fourth-order valence-corrected chi connectivity index (χ4v) is 2.95. The summed E-state index contributed by atoms with van der Waals surface area (Å²) in [7, 11) is 1.97. The fraction of sp³-hybridized carbons (Fsp3) is 0.412. The Morgan fingerprint density at radius 3 is 3.05 bits per heavy atom. The van der Waals surface area contributed by atoms with Crippen molar-refractivity contribution in [3.8, 4) is 0 Å². The van der Waals surface area contributed by atoms with Crippen LogP contribution in [0, 0.1) is 0 Å². The van der Waals surface area contributed by atoms with Crippen molar-refractivity contribution in [3.63, 3.8) is 0 Å². The molecule has 0 saturated heterocycles. The summed E-state index contributed by atoms with van der Waals surface area (Å²) in [5, 5.41) is 3.14. The molecule has 0 radical (unpaired) electrons. The average Bonchev–Trinajstić information content (AvgIpc) is 2.95. The number of nitrogens with one attached hydrogen (secondary N) is 1. The van der Waals surface area contributed by atoms with Crippen molar-refractivity contribution in [3.05, 3.63) is 54.1 Å². The highest BCUT2D eigenvalue weighted by Crippen LogP contribution is 2.13. The van der Waals surface area contributed by atoms with Gasteiger partial charge in [0.05, 0.1) is 6.54 Å². The van der Waals surface area contributed by atoms with Crippen molar-refractivity contribution in [1.82, 2.24) is 19.8 Å². The number of carbonyl (C=O) groups excluding carboxylic acids is 1. The van der Waals surface area contributed by atoms with Crippen LogP contribution >= 0.6 is 0 Å². The van der Waals surface area contributed by atoms with Crippen molar-refractivity contribution < 1.29 is 4.79 Å². The van der Waals surface area contributed by atoms with E-state index in [0.717, 1.165) is 31.8 Å². The van der Waals surface area contributed by atoms with Gasteiger partial charge in [-0.25, -0.2) is 4.98 Å². The molecule has 3 rings (SSSR count). The largest absolute Gasteiger partial charge is 0.350 e. The van der Waals surface area contributed by atoms with E-state index in [9.17, 15) is 4.79 Å². The number of rotatable bonds is 5. The van der Waals surface area contributed by atoms with E-state index >= 15 is 0 Å². The van der Waals surface area contributed by atoms with Crippen molar-refractivity contribution in [1.29, 1.82) is 0 Å². The van der Waals surface area contributed by atoms with Crippen LogP contribution in [0.3, 0.4) is 0 Å². The third kappa shape index (κ3) is 3.74. The van der Waals surface area contributed by atoms with Crippen LogP contribution in [0.15, 0.2) is 42.7 Å². The Hall–Kier alpha value is -2.14. The number of hydrogen-bond acceptors (Lipinski definition) is 3. The van der Waals surface area contributed by atoms with E-state index in [0.29, 0.717) is 6.54 Å². The monoisotopic (exact) mass is 298 g/mol. The summed E-state index contributed by atoms with van der Waals surface area (Å²) >= 11 is 0. The average molecular weight is 298 g/mol. The molecule has 0 bridgehead atoms. The lowest BCUT2D eigenvalue weighted by Crippen LogP contribution is -2.44. The summed E-state index contributed by atoms with van der Waals surface area (Å²) in [6, 6.07) is 10.4. The fourth-order valence-electron chi connectivity index (χ4n) is 2.95. The van der Waals surface area contributed by atoms with Crippen LogP contribution in [0.4, 0.5) is 0 Å². The molecule has 1 aliphatic rings. The van der Waals surface area contributed by atoms with Gasteiger partial charge in [-0.15, -0.1) is 0 Å². The van der Waals surface area contributed by atoms with E-state index in [1.54, 1.807) is 0 Å². The smallest absolute Gasteiger partial charge is 0.234 e. The van der Waals surface area contributed by atoms with Crippen LogP contribution in [0.5, 0.6) is 0 Å². The number of nitrogens with zero attached hydrogens (tertiary/aromatic N) is 3. The van der Waals surface area contributed by atoms with E-state index < -0.39 is 0 Å². The molecule has 0 spiro atoms. The standard InChI is InChI=1S/C17H22N4O/c1-20(11-14-5-3-2-4-6-14)13-17(22)19-15-7-8-16-18-9-10-21(16)12-15/h2-6,9-10,15H,7-8,11-13H2,1H3,(H,19,22)/t15-/m0/s1. The molecule has 0 fully saturated rings. The minimum Gasteiger partial charge on any atom is -0.350 e. The first-order valence-electron chi connectivity index (χ1n) is 7.72. The molecule has 1 atom stereocenters. The molecule has 5 heteroatoms. The zero-order valence-corrected chi connectivity index (χ0v) is 12.9. The first-order valence-corrected chi connectivity index (χ1v) is 7.72. The Morgan fingerprint density at radius 1 is 1.41 bits per heavy atom. The number of carbonyl (C=O) groups is 1. The van der Waals surface area contributed by atoms with Gasteiger partial charge in [-0.05, 0) is 19.0 Å². The highest BCUT2D eigenvalue weighted by atomic mass is 16.2. The maximum atomic E-state index is 12.2. The van der Waals surface area contributed by atoms with Gasteiger partial charge in [0.1, 0.15) is 5.82 Å². The molecule has 2 aromatic rings. The van der Waals surface area contributed by atoms with Crippen LogP contribution in [-0.4, -0.2) is 40.0 Å². The van der Waals surface area contributed by atoms with Gasteiger partial charge in [0, 0.05) is 37.9 Å². The van der Waals surface area contributed by atoms with Crippen molar-refractivity contribution in [2.24, 2.45) is 0 Å². The Bertz CT molecular complexity index is 623. The number of imidazole rings is 1. The van der Waals surface area contributed by atoms with Crippen LogP contribution in [0.25, 0.3) is 0 Å². The van der Waals surface area contributed by atoms with E-state index in [4.69, 9.17) is 0 Å². The van der Waals surface area contributed by atoms with Crippen LogP contribution < -0.4 is 5.32 Å². The maximum Gasteiger partial charge on any atom is 0.234 e. The van der Waals surface area contributed by atoms with Crippen LogP contribution in [0.1, 0.15) is 17.8 Å². The molecule has 5 nitrogen and oxygen atoms in total. The van der Waals surface area contributed by atoms with Gasteiger partial charge in [0.15, 0.2) is 0 Å². The lowest BCUT2D eigenvalue weighted by Gasteiger charge is -2.26. The van der Waals surface area contributed by atoms with Gasteiger partial charge in [-0.3, -0.25) is 9.69 Å². The lowest BCUT2D eigenvalue weighted by molar-refractivity contribution is -0.123. The molecule has 1 aliphatic heterocycles. The number of fused-ring (bicyclic) bond motifs is 1. The predicted octanol–water partition coefficient (Wildman–Crippen LogP) is 1.45. The minimum atomic E-state index is 0.0898. The molecule has 1 aromatic carbocycles. The van der Waals surface area contributed by atoms with E-state index in [2.05, 4.69) is 27.0 Å². The Morgan fingerprint density at radius 2 is 2.23 bits per heavy atom. The number of hydrogen-bond donors (Lipinski definition) is 1. The summed E-state index contributed by atoms with van der Waals surface area (Å²) in [5.41, 5.74) is 1.22. The molecule has 0 aliphatic carbocycles. The van der Waals surface area contributed by atoms with E-state index in [-0.39, 0.29) is 11.9 Å². The Labute approximate surface area is 131 Å². The predicted molar refractivity (Wildman–Crippen MR) is 85.3 cm³/mol. The normalized spacial score (nSPS) is 17.3. The van der Waals surface area contributed by atoms with Gasteiger partial charge in [0.25, 0.3) is 0 Å². The summed E-state index contributed by atoms with van der Waals surface area (Å²) in [5.74, 6) is 1.21. The van der Waals surface area contributed by atoms with Crippen molar-refractivity contribution in [2.45, 2.75) is 32.0 Å². The zero-order valence-electron chi connectivity index (χ0n) is 12.9. The molecule has 0 saturated carbocycles. The second-order valence-corrected chi connectivity index (χ2v) is 5.96. The molecular formula is C17H22N4O. The molecular weight excluding hydrogens is 276 g/mol. The number of benzene rings is 1. The summed E-state index contributed by atoms with van der Waals surface area (Å²) in [6.07, 6.45) is 5.70. The highest BCUT2D eigenvalue weighted by molar-refractivity contribution is 5.78. The van der Waals surface area contributed by atoms with Gasteiger partial charge >= 0.3 is 0 Å². The van der Waals surface area contributed by atoms with Gasteiger partial charge in [-0.1, -0.05) is 30.3 Å². The maximum absolute atomic E-state index is 12.2. The number of likely N-dealkylation sites (N-methyl/N-ethyl adjacent to an activating group) is 1. The van der Waals surface area contributed by atoms with Gasteiger partial charge in [0.2, 0.25) is 5.91 Å². The molecule has 116 valence electrons. The Kier molecular flexibility index (Phi) is 4.53. The molecule has 1 N–H and O–H groups in total. The minimum absolute atomic E-state index is 0.0898. The van der Waals surface area contributed by atoms with Crippen LogP contribution in [0.2, 0.25) is 0 Å². The molecule has 22 heavy (non-hydrogen) atoms. The molecule has 2 heterocycles. The van der Waals surface area contributed by atoms with E-state index in [1.807, 2.05) is 42.5 Å². The first kappa shape index (κ1) is 14.8. The lowest BCUT2D eigenvalue weighted by atomic mass is 10.1. The van der Waals surface area contributed by atoms with Gasteiger partial charge < -0.3 is 9.88 Å². The third-order valence-corrected chi connectivity index (χ3v) is 4.01. The second kappa shape index (κ2) is 6.75. The number of aromatic nitrogens is 2. The van der Waals surface area contributed by atoms with Crippen LogP contribution in [-0.2, 0) is 24.3 Å². The van der Waals surface area contributed by atoms with Crippen molar-refractivity contribution >= 4 is 5.91 Å². The quantitative estimate of drug-likeness (QED) is 0.909. The Balaban J connectivity index is 1.46. The topological polar surface area (TPSA) is 50.2 Å². The zero-order chi connectivity index (χ0) is 15.4. The third-order valence-electron chi connectivity index (χ3n) is 4.01.